The fourth-order valence-corrected chi connectivity index (χ4v) is 2.61. The zero-order chi connectivity index (χ0) is 15.5. The molecule has 2 aliphatic rings. The van der Waals surface area contributed by atoms with Crippen LogP contribution in [0.15, 0.2) is 30.3 Å². The van der Waals surface area contributed by atoms with Gasteiger partial charge in [0.05, 0.1) is 20.3 Å². The molecule has 22 heavy (non-hydrogen) atoms. The monoisotopic (exact) mass is 306 g/mol. The summed E-state index contributed by atoms with van der Waals surface area (Å²) in [4.78, 5) is 11.9. The third kappa shape index (κ3) is 3.14. The van der Waals surface area contributed by atoms with E-state index < -0.39 is 24.3 Å². The largest absolute Gasteiger partial charge is 0.497 e. The Labute approximate surface area is 128 Å². The minimum atomic E-state index is -0.649. The van der Waals surface area contributed by atoms with Crippen LogP contribution in [0.5, 0.6) is 5.75 Å². The summed E-state index contributed by atoms with van der Waals surface area (Å²) in [7, 11) is 1.60. The number of rotatable bonds is 4. The third-order valence-electron chi connectivity index (χ3n) is 3.78. The molecule has 1 aromatic rings. The van der Waals surface area contributed by atoms with E-state index in [2.05, 4.69) is 0 Å². The van der Waals surface area contributed by atoms with Crippen molar-refractivity contribution in [1.29, 1.82) is 0 Å². The fraction of sp³-hybridized carbons (Fsp3) is 0.438. The number of ether oxygens (including phenoxy) is 4. The molecule has 1 N–H and O–H groups in total. The van der Waals surface area contributed by atoms with Crippen LogP contribution in [0.1, 0.15) is 5.56 Å². The van der Waals surface area contributed by atoms with E-state index in [0.717, 1.165) is 11.3 Å². The Balaban J connectivity index is 1.55. The number of hydrogen-bond donors (Lipinski definition) is 1. The summed E-state index contributed by atoms with van der Waals surface area (Å²) in [6, 6.07) is 7.31. The molecule has 2 saturated heterocycles. The van der Waals surface area contributed by atoms with Crippen molar-refractivity contribution in [1.82, 2.24) is 0 Å². The first-order valence-electron chi connectivity index (χ1n) is 7.11. The van der Waals surface area contributed by atoms with Crippen LogP contribution in [0.2, 0.25) is 0 Å². The van der Waals surface area contributed by atoms with Gasteiger partial charge in [-0.1, -0.05) is 12.1 Å². The lowest BCUT2D eigenvalue weighted by atomic mass is 10.1. The van der Waals surface area contributed by atoms with Crippen molar-refractivity contribution in [2.75, 3.05) is 20.3 Å². The highest BCUT2D eigenvalue weighted by atomic mass is 16.6. The molecule has 3 rings (SSSR count). The number of carbonyl (C=O) groups excluding carboxylic acids is 1. The number of aliphatic hydroxyl groups is 1. The Hall–Kier alpha value is -1.89. The summed E-state index contributed by atoms with van der Waals surface area (Å²) in [5, 5.41) is 9.63. The number of methoxy groups -OCH3 is 1. The SMILES string of the molecule is COc1ccc(/C=C/C(=O)O[C@H]2COC3C2OC[C@H]3O)cc1. The second kappa shape index (κ2) is 6.48. The number of hydrogen-bond acceptors (Lipinski definition) is 6. The maximum Gasteiger partial charge on any atom is 0.331 e. The summed E-state index contributed by atoms with van der Waals surface area (Å²) in [5.41, 5.74) is 0.867. The molecule has 118 valence electrons. The Morgan fingerprint density at radius 2 is 1.95 bits per heavy atom. The number of fused-ring (bicyclic) bond motifs is 1. The molecule has 4 atom stereocenters. The van der Waals surface area contributed by atoms with Gasteiger partial charge < -0.3 is 24.1 Å². The maximum atomic E-state index is 11.9. The molecule has 0 spiro atoms. The van der Waals surface area contributed by atoms with E-state index >= 15 is 0 Å². The van der Waals surface area contributed by atoms with E-state index in [0.29, 0.717) is 0 Å². The molecule has 0 aliphatic carbocycles. The normalized spacial score (nSPS) is 30.5. The van der Waals surface area contributed by atoms with Gasteiger partial charge in [0, 0.05) is 6.08 Å². The Morgan fingerprint density at radius 3 is 2.68 bits per heavy atom. The van der Waals surface area contributed by atoms with Crippen LogP contribution in [-0.4, -0.2) is 55.8 Å². The van der Waals surface area contributed by atoms with Gasteiger partial charge in [-0.05, 0) is 23.8 Å². The lowest BCUT2D eigenvalue weighted by molar-refractivity contribution is -0.147. The zero-order valence-corrected chi connectivity index (χ0v) is 12.2. The molecule has 6 nitrogen and oxygen atoms in total. The molecule has 0 aromatic heterocycles. The second-order valence-electron chi connectivity index (χ2n) is 5.25. The summed E-state index contributed by atoms with van der Waals surface area (Å²) >= 11 is 0. The van der Waals surface area contributed by atoms with Gasteiger partial charge in [0.15, 0.2) is 6.10 Å². The van der Waals surface area contributed by atoms with Crippen LogP contribution >= 0.6 is 0 Å². The predicted octanol–water partition coefficient (Wildman–Crippen LogP) is 0.779. The topological polar surface area (TPSA) is 74.2 Å². The van der Waals surface area contributed by atoms with Crippen molar-refractivity contribution in [2.24, 2.45) is 0 Å². The van der Waals surface area contributed by atoms with Gasteiger partial charge in [0.25, 0.3) is 0 Å². The van der Waals surface area contributed by atoms with Crippen molar-refractivity contribution in [2.45, 2.75) is 24.4 Å². The van der Waals surface area contributed by atoms with E-state index in [1.54, 1.807) is 13.2 Å². The summed E-state index contributed by atoms with van der Waals surface area (Å²) in [6.07, 6.45) is 1.12. The summed E-state index contributed by atoms with van der Waals surface area (Å²) in [6.45, 7) is 0.458. The molecule has 6 heteroatoms. The Morgan fingerprint density at radius 1 is 1.23 bits per heavy atom. The number of aliphatic hydroxyl groups excluding tert-OH is 1. The highest BCUT2D eigenvalue weighted by molar-refractivity contribution is 5.87. The standard InChI is InChI=1S/C16H18O6/c1-19-11-5-2-10(3-6-11)4-7-14(18)22-13-9-21-15-12(17)8-20-16(13)15/h2-7,12-13,15-17H,8-9H2,1H3/b7-4+/t12-,13+,15?,16?/m1/s1. The van der Waals surface area contributed by atoms with Crippen LogP contribution in [0.25, 0.3) is 6.08 Å². The molecule has 2 unspecified atom stereocenters. The minimum Gasteiger partial charge on any atom is -0.497 e. The molecule has 2 aliphatic heterocycles. The van der Waals surface area contributed by atoms with Crippen molar-refractivity contribution < 1.29 is 28.8 Å². The van der Waals surface area contributed by atoms with Crippen LogP contribution in [0, 0.1) is 0 Å². The third-order valence-corrected chi connectivity index (χ3v) is 3.78. The van der Waals surface area contributed by atoms with Crippen LogP contribution in [0.3, 0.4) is 0 Å². The van der Waals surface area contributed by atoms with Crippen LogP contribution in [0.4, 0.5) is 0 Å². The van der Waals surface area contributed by atoms with Gasteiger partial charge in [-0.15, -0.1) is 0 Å². The molecule has 0 amide bonds. The second-order valence-corrected chi connectivity index (χ2v) is 5.25. The van der Waals surface area contributed by atoms with Crippen molar-refractivity contribution >= 4 is 12.0 Å². The lowest BCUT2D eigenvalue weighted by Gasteiger charge is -2.15. The molecule has 2 fully saturated rings. The smallest absolute Gasteiger partial charge is 0.331 e. The van der Waals surface area contributed by atoms with E-state index in [4.69, 9.17) is 18.9 Å². The average Bonchev–Trinajstić information content (AvgIpc) is 3.10. The first-order chi connectivity index (χ1) is 10.7. The first kappa shape index (κ1) is 15.0. The van der Waals surface area contributed by atoms with Gasteiger partial charge in [0.1, 0.15) is 24.1 Å². The summed E-state index contributed by atoms with van der Waals surface area (Å²) < 4.78 is 21.2. The number of esters is 1. The molecular formula is C16H18O6. The first-order valence-corrected chi connectivity index (χ1v) is 7.11. The molecule has 0 saturated carbocycles. The van der Waals surface area contributed by atoms with Crippen molar-refractivity contribution in [3.05, 3.63) is 35.9 Å². The quantitative estimate of drug-likeness (QED) is 0.654. The van der Waals surface area contributed by atoms with Crippen LogP contribution in [-0.2, 0) is 19.0 Å². The average molecular weight is 306 g/mol. The van der Waals surface area contributed by atoms with E-state index in [1.165, 1.54) is 6.08 Å². The Kier molecular flexibility index (Phi) is 4.42. The van der Waals surface area contributed by atoms with Gasteiger partial charge >= 0.3 is 5.97 Å². The highest BCUT2D eigenvalue weighted by Crippen LogP contribution is 2.28. The van der Waals surface area contributed by atoms with E-state index in [-0.39, 0.29) is 19.3 Å². The lowest BCUT2D eigenvalue weighted by Crippen LogP contribution is -2.33. The molecular weight excluding hydrogens is 288 g/mol. The van der Waals surface area contributed by atoms with Crippen molar-refractivity contribution in [3.63, 3.8) is 0 Å². The van der Waals surface area contributed by atoms with E-state index in [9.17, 15) is 9.90 Å². The van der Waals surface area contributed by atoms with Gasteiger partial charge in [-0.3, -0.25) is 0 Å². The van der Waals surface area contributed by atoms with Gasteiger partial charge in [-0.2, -0.15) is 0 Å². The highest BCUT2D eigenvalue weighted by Gasteiger charge is 2.48. The summed E-state index contributed by atoms with van der Waals surface area (Å²) in [5.74, 6) is 0.292. The van der Waals surface area contributed by atoms with Crippen LogP contribution < -0.4 is 4.74 Å². The molecule has 0 bridgehead atoms. The predicted molar refractivity (Wildman–Crippen MR) is 77.4 cm³/mol. The maximum absolute atomic E-state index is 11.9. The van der Waals surface area contributed by atoms with E-state index in [1.807, 2.05) is 24.3 Å². The minimum absolute atomic E-state index is 0.213. The van der Waals surface area contributed by atoms with Gasteiger partial charge in [0.2, 0.25) is 0 Å². The van der Waals surface area contributed by atoms with Gasteiger partial charge in [-0.25, -0.2) is 4.79 Å². The number of carbonyl (C=O) groups is 1. The molecule has 0 radical (unpaired) electrons. The fourth-order valence-electron chi connectivity index (χ4n) is 2.61. The molecule has 2 heterocycles. The molecule has 1 aromatic carbocycles. The van der Waals surface area contributed by atoms with Crippen molar-refractivity contribution in [3.8, 4) is 5.75 Å². The zero-order valence-electron chi connectivity index (χ0n) is 12.2. The Bertz CT molecular complexity index is 552. The number of benzene rings is 1.